The van der Waals surface area contributed by atoms with Crippen LogP contribution in [0.15, 0.2) is 55.1 Å². The number of hydrogen-bond donors (Lipinski definition) is 2. The van der Waals surface area contributed by atoms with Gasteiger partial charge in [-0.05, 0) is 18.4 Å². The predicted octanol–water partition coefficient (Wildman–Crippen LogP) is 4.41. The molecule has 2 aliphatic rings. The largest absolute Gasteiger partial charge is 0.369 e. The van der Waals surface area contributed by atoms with Gasteiger partial charge < -0.3 is 21.3 Å². The van der Waals surface area contributed by atoms with Crippen LogP contribution in [0.4, 0.5) is 11.4 Å². The van der Waals surface area contributed by atoms with Crippen molar-refractivity contribution in [2.75, 3.05) is 36.0 Å². The molecule has 3 aromatic rings. The van der Waals surface area contributed by atoms with Gasteiger partial charge in [-0.2, -0.15) is 0 Å². The molecule has 8 nitrogen and oxygen atoms in total. The molecule has 2 unspecified atom stereocenters. The summed E-state index contributed by atoms with van der Waals surface area (Å²) in [6, 6.07) is 9.99. The number of halogens is 3. The van der Waals surface area contributed by atoms with Crippen LogP contribution in [0.2, 0.25) is 15.1 Å². The Balaban J connectivity index is 0.000000180. The van der Waals surface area contributed by atoms with Crippen molar-refractivity contribution in [2.24, 2.45) is 23.3 Å². The summed E-state index contributed by atoms with van der Waals surface area (Å²) in [4.78, 5) is 34.6. The molecular weight excluding hydrogens is 535 g/mol. The average molecular weight is 562 g/mol. The van der Waals surface area contributed by atoms with E-state index in [0.29, 0.717) is 28.2 Å². The topological polar surface area (TPSA) is 118 Å². The van der Waals surface area contributed by atoms with Crippen LogP contribution in [0.3, 0.4) is 0 Å². The smallest absolute Gasteiger partial charge is 0.222 e. The lowest BCUT2D eigenvalue weighted by molar-refractivity contribution is -0.121. The second-order valence-electron chi connectivity index (χ2n) is 9.00. The number of carbonyl (C=O) groups is 2. The Hall–Kier alpha value is -3.07. The number of pyridine rings is 2. The molecule has 4 N–H and O–H groups in total. The second kappa shape index (κ2) is 12.0. The van der Waals surface area contributed by atoms with Gasteiger partial charge >= 0.3 is 0 Å². The van der Waals surface area contributed by atoms with E-state index in [-0.39, 0.29) is 23.7 Å². The lowest BCUT2D eigenvalue weighted by atomic mass is 10.1. The highest BCUT2D eigenvalue weighted by molar-refractivity contribution is 6.39. The summed E-state index contributed by atoms with van der Waals surface area (Å²) in [6.45, 7) is 2.69. The molecule has 5 rings (SSSR count). The Morgan fingerprint density at radius 3 is 1.68 bits per heavy atom. The summed E-state index contributed by atoms with van der Waals surface area (Å²) in [5.74, 6) is -0.758. The van der Waals surface area contributed by atoms with Crippen LogP contribution in [-0.2, 0) is 9.59 Å². The molecule has 1 aromatic carbocycles. The molecule has 2 aromatic heterocycles. The fourth-order valence-electron chi connectivity index (χ4n) is 4.68. The number of primary amides is 2. The molecule has 4 heterocycles. The highest BCUT2D eigenvalue weighted by atomic mass is 35.5. The van der Waals surface area contributed by atoms with Crippen LogP contribution in [0.5, 0.6) is 0 Å². The van der Waals surface area contributed by atoms with E-state index >= 15 is 0 Å². The maximum absolute atomic E-state index is 11.4. The van der Waals surface area contributed by atoms with Gasteiger partial charge in [-0.25, -0.2) is 0 Å². The average Bonchev–Trinajstić information content (AvgIpc) is 3.56. The zero-order chi connectivity index (χ0) is 26.5. The zero-order valence-electron chi connectivity index (χ0n) is 20.0. The Bertz CT molecular complexity index is 1260. The van der Waals surface area contributed by atoms with E-state index in [9.17, 15) is 9.59 Å². The van der Waals surface area contributed by atoms with Crippen molar-refractivity contribution in [1.29, 1.82) is 0 Å². The minimum atomic E-state index is -0.274. The molecule has 0 radical (unpaired) electrons. The molecule has 0 spiro atoms. The maximum Gasteiger partial charge on any atom is 0.222 e. The summed E-state index contributed by atoms with van der Waals surface area (Å²) in [6.07, 6.45) is 8.04. The first-order chi connectivity index (χ1) is 17.8. The zero-order valence-corrected chi connectivity index (χ0v) is 22.3. The summed E-state index contributed by atoms with van der Waals surface area (Å²) in [7, 11) is 0. The van der Waals surface area contributed by atoms with E-state index in [2.05, 4.69) is 14.9 Å². The molecule has 0 bridgehead atoms. The van der Waals surface area contributed by atoms with Gasteiger partial charge in [-0.3, -0.25) is 19.6 Å². The van der Waals surface area contributed by atoms with E-state index in [1.165, 1.54) is 0 Å². The van der Waals surface area contributed by atoms with Crippen LogP contribution >= 0.6 is 34.8 Å². The maximum atomic E-state index is 11.4. The number of nitrogens with zero attached hydrogens (tertiary/aromatic N) is 4. The van der Waals surface area contributed by atoms with Crippen LogP contribution < -0.4 is 21.3 Å². The lowest BCUT2D eigenvalue weighted by Gasteiger charge is -2.23. The van der Waals surface area contributed by atoms with Crippen LogP contribution in [0, 0.1) is 11.8 Å². The van der Waals surface area contributed by atoms with Crippen molar-refractivity contribution < 1.29 is 9.59 Å². The van der Waals surface area contributed by atoms with Crippen LogP contribution in [0.25, 0.3) is 11.1 Å². The monoisotopic (exact) mass is 560 g/mol. The Morgan fingerprint density at radius 1 is 0.730 bits per heavy atom. The number of amides is 2. The Morgan fingerprint density at radius 2 is 1.19 bits per heavy atom. The first kappa shape index (κ1) is 27.0. The van der Waals surface area contributed by atoms with E-state index in [1.807, 2.05) is 41.4 Å². The van der Waals surface area contributed by atoms with Gasteiger partial charge in [-0.15, -0.1) is 0 Å². The first-order valence-electron chi connectivity index (χ1n) is 11.8. The lowest BCUT2D eigenvalue weighted by Crippen LogP contribution is -2.27. The fraction of sp³-hybridized carbons (Fsp3) is 0.308. The molecule has 194 valence electrons. The first-order valence-corrected chi connectivity index (χ1v) is 13.0. The molecule has 2 amide bonds. The van der Waals surface area contributed by atoms with E-state index in [4.69, 9.17) is 46.3 Å². The van der Waals surface area contributed by atoms with Crippen molar-refractivity contribution in [3.05, 3.63) is 70.2 Å². The molecule has 2 saturated heterocycles. The SMILES string of the molecule is NC(=O)C1CCN(c2c(Cl)cncc2-c2ccccc2)C1.NC(=O)C1CCN(c2c(Cl)cncc2Cl)C1. The third-order valence-electron chi connectivity index (χ3n) is 6.60. The number of hydrogen-bond acceptors (Lipinski definition) is 6. The summed E-state index contributed by atoms with van der Waals surface area (Å²) < 4.78 is 0. The molecule has 0 saturated carbocycles. The number of rotatable bonds is 5. The van der Waals surface area contributed by atoms with Crippen molar-refractivity contribution in [2.45, 2.75) is 12.8 Å². The Kier molecular flexibility index (Phi) is 8.74. The minimum absolute atomic E-state index is 0.113. The van der Waals surface area contributed by atoms with Crippen molar-refractivity contribution >= 4 is 58.0 Å². The number of carbonyl (C=O) groups excluding carboxylic acids is 2. The summed E-state index contributed by atoms with van der Waals surface area (Å²) in [5.41, 5.74) is 14.4. The Labute approximate surface area is 230 Å². The molecule has 11 heteroatoms. The second-order valence-corrected chi connectivity index (χ2v) is 10.2. The van der Waals surface area contributed by atoms with Crippen LogP contribution in [-0.4, -0.2) is 48.0 Å². The van der Waals surface area contributed by atoms with Gasteiger partial charge in [0.05, 0.1) is 38.3 Å². The van der Waals surface area contributed by atoms with Crippen molar-refractivity contribution in [3.63, 3.8) is 0 Å². The number of aromatic nitrogens is 2. The summed E-state index contributed by atoms with van der Waals surface area (Å²) in [5, 5.41) is 1.59. The molecule has 2 atom stereocenters. The van der Waals surface area contributed by atoms with Gasteiger partial charge in [0.15, 0.2) is 0 Å². The van der Waals surface area contributed by atoms with Gasteiger partial charge in [0, 0.05) is 56.5 Å². The highest BCUT2D eigenvalue weighted by Gasteiger charge is 2.30. The predicted molar refractivity (Wildman–Crippen MR) is 148 cm³/mol. The van der Waals surface area contributed by atoms with E-state index in [1.54, 1.807) is 18.6 Å². The molecule has 37 heavy (non-hydrogen) atoms. The van der Waals surface area contributed by atoms with Gasteiger partial charge in [0.2, 0.25) is 11.8 Å². The molecule has 2 fully saturated rings. The van der Waals surface area contributed by atoms with Gasteiger partial charge in [0.1, 0.15) is 0 Å². The van der Waals surface area contributed by atoms with Crippen molar-refractivity contribution in [1.82, 2.24) is 9.97 Å². The van der Waals surface area contributed by atoms with Gasteiger partial charge in [-0.1, -0.05) is 65.1 Å². The molecular formula is C26H27Cl3N6O2. The fourth-order valence-corrected chi connectivity index (χ4v) is 5.56. The highest BCUT2D eigenvalue weighted by Crippen LogP contribution is 2.38. The number of benzene rings is 1. The molecule has 0 aliphatic carbocycles. The standard InChI is InChI=1S/C16H16ClN3O.C10H11Cl2N3O/c17-14-9-19-8-13(11-4-2-1-3-5-11)15(14)20-7-6-12(10-20)16(18)21;11-7-3-14-4-8(12)9(7)15-2-1-6(5-15)10(13)16/h1-5,8-9,12H,6-7,10H2,(H2,18,21);3-4,6H,1-2,5H2,(H2,13,16). The van der Waals surface area contributed by atoms with E-state index < -0.39 is 0 Å². The summed E-state index contributed by atoms with van der Waals surface area (Å²) >= 11 is 18.4. The van der Waals surface area contributed by atoms with Crippen LogP contribution in [0.1, 0.15) is 12.8 Å². The number of anilines is 2. The van der Waals surface area contributed by atoms with Gasteiger partial charge in [0.25, 0.3) is 0 Å². The third-order valence-corrected chi connectivity index (χ3v) is 7.43. The quantitative estimate of drug-likeness (QED) is 0.476. The molecule has 2 aliphatic heterocycles. The van der Waals surface area contributed by atoms with Crippen molar-refractivity contribution in [3.8, 4) is 11.1 Å². The normalized spacial score (nSPS) is 18.9. The third kappa shape index (κ3) is 6.26. The minimum Gasteiger partial charge on any atom is -0.369 e. The van der Waals surface area contributed by atoms with E-state index in [0.717, 1.165) is 48.4 Å². The number of nitrogens with two attached hydrogens (primary N) is 2.